The van der Waals surface area contributed by atoms with Crippen molar-refractivity contribution in [3.63, 3.8) is 0 Å². The van der Waals surface area contributed by atoms with Crippen LogP contribution in [0.25, 0.3) is 16.5 Å². The van der Waals surface area contributed by atoms with Gasteiger partial charge in [-0.05, 0) is 86.8 Å². The number of hydrogen-bond donors (Lipinski definition) is 1. The van der Waals surface area contributed by atoms with Crippen molar-refractivity contribution in [1.29, 1.82) is 0 Å². The van der Waals surface area contributed by atoms with Crippen LogP contribution in [0, 0.1) is 0 Å². The first-order valence-corrected chi connectivity index (χ1v) is 11.8. The standard InChI is InChI=1S/C27H34N2O3.H2/c1-5-19(20-11-12-21-17-24(26(31)29(3)4)28-23(21)16-20)9-8-10-22-15-18(2)25(30)27(32-22)13-6-7-14-27;/h9,11-12,15-17,22,28H,5-8,10,13-14H2,1-4H3;1H/b19-9+;. The van der Waals surface area contributed by atoms with Gasteiger partial charge in [0.25, 0.3) is 5.91 Å². The summed E-state index contributed by atoms with van der Waals surface area (Å²) in [6, 6.07) is 8.24. The summed E-state index contributed by atoms with van der Waals surface area (Å²) in [4.78, 5) is 29.8. The molecule has 2 aliphatic rings. The van der Waals surface area contributed by atoms with Crippen LogP contribution in [0.5, 0.6) is 0 Å². The Labute approximate surface area is 192 Å². The minimum atomic E-state index is -0.554. The zero-order valence-corrected chi connectivity index (χ0v) is 19.7. The molecule has 172 valence electrons. The average molecular weight is 437 g/mol. The highest BCUT2D eigenvalue weighted by molar-refractivity contribution is 6.02. The Hall–Kier alpha value is -2.66. The highest BCUT2D eigenvalue weighted by atomic mass is 16.5. The molecule has 5 nitrogen and oxygen atoms in total. The van der Waals surface area contributed by atoms with Crippen LogP contribution in [0.15, 0.2) is 42.0 Å². The van der Waals surface area contributed by atoms with Crippen molar-refractivity contribution < 1.29 is 15.8 Å². The van der Waals surface area contributed by atoms with E-state index >= 15 is 0 Å². The molecule has 5 heteroatoms. The van der Waals surface area contributed by atoms with Gasteiger partial charge in [-0.2, -0.15) is 0 Å². The van der Waals surface area contributed by atoms with E-state index in [1.165, 1.54) is 11.1 Å². The number of nitrogens with one attached hydrogen (secondary N) is 1. The lowest BCUT2D eigenvalue weighted by atomic mass is 9.87. The third kappa shape index (κ3) is 4.31. The number of carbonyl (C=O) groups excluding carboxylic acids is 2. The molecule has 1 saturated carbocycles. The predicted molar refractivity (Wildman–Crippen MR) is 131 cm³/mol. The van der Waals surface area contributed by atoms with E-state index in [2.05, 4.69) is 36.2 Å². The number of carbonyl (C=O) groups is 2. The number of aromatic nitrogens is 1. The van der Waals surface area contributed by atoms with E-state index in [-0.39, 0.29) is 19.2 Å². The Kier molecular flexibility index (Phi) is 6.38. The number of aromatic amines is 1. The summed E-state index contributed by atoms with van der Waals surface area (Å²) in [5.41, 5.74) is 4.35. The predicted octanol–water partition coefficient (Wildman–Crippen LogP) is 5.92. The van der Waals surface area contributed by atoms with Crippen LogP contribution in [-0.4, -0.2) is 47.4 Å². The van der Waals surface area contributed by atoms with Gasteiger partial charge in [-0.25, -0.2) is 0 Å². The Morgan fingerprint density at radius 3 is 2.72 bits per heavy atom. The van der Waals surface area contributed by atoms with E-state index in [4.69, 9.17) is 4.74 Å². The second-order valence-corrected chi connectivity index (χ2v) is 9.38. The maximum absolute atomic E-state index is 12.7. The van der Waals surface area contributed by atoms with Gasteiger partial charge in [-0.15, -0.1) is 0 Å². The molecule has 1 aliphatic heterocycles. The largest absolute Gasteiger partial charge is 0.360 e. The summed E-state index contributed by atoms with van der Waals surface area (Å²) in [5.74, 6) is 0.172. The Balaban J connectivity index is 0.00000306. The topological polar surface area (TPSA) is 62.4 Å². The van der Waals surface area contributed by atoms with Crippen LogP contribution in [0.2, 0.25) is 0 Å². The van der Waals surface area contributed by atoms with Crippen LogP contribution in [-0.2, 0) is 9.53 Å². The summed E-state index contributed by atoms with van der Waals surface area (Å²) in [5, 5.41) is 1.04. The van der Waals surface area contributed by atoms with E-state index in [0.29, 0.717) is 5.69 Å². The van der Waals surface area contributed by atoms with Gasteiger partial charge in [0.1, 0.15) is 11.3 Å². The van der Waals surface area contributed by atoms with Crippen molar-refractivity contribution in [2.75, 3.05) is 14.1 Å². The molecule has 0 saturated heterocycles. The van der Waals surface area contributed by atoms with Crippen LogP contribution >= 0.6 is 0 Å². The van der Waals surface area contributed by atoms with Crippen LogP contribution < -0.4 is 0 Å². The molecule has 4 rings (SSSR count). The average Bonchev–Trinajstić information content (AvgIpc) is 3.41. The van der Waals surface area contributed by atoms with E-state index in [0.717, 1.165) is 61.4 Å². The van der Waals surface area contributed by atoms with Crippen molar-refractivity contribution in [2.45, 2.75) is 70.5 Å². The number of H-pyrrole nitrogens is 1. The monoisotopic (exact) mass is 436 g/mol. The second kappa shape index (κ2) is 9.07. The molecule has 1 aliphatic carbocycles. The molecule has 1 unspecified atom stereocenters. The first-order chi connectivity index (χ1) is 15.3. The van der Waals surface area contributed by atoms with E-state index in [9.17, 15) is 9.59 Å². The quantitative estimate of drug-likeness (QED) is 0.612. The number of Topliss-reactive ketones (excluding diaryl/α,β-unsaturated/α-hetero) is 1. The fourth-order valence-corrected chi connectivity index (χ4v) is 5.10. The molecular weight excluding hydrogens is 400 g/mol. The van der Waals surface area contributed by atoms with Crippen molar-refractivity contribution in [1.82, 2.24) is 9.88 Å². The molecule has 1 amide bonds. The molecule has 1 spiro atoms. The maximum Gasteiger partial charge on any atom is 0.269 e. The summed E-state index contributed by atoms with van der Waals surface area (Å²) in [7, 11) is 3.52. The third-order valence-corrected chi connectivity index (χ3v) is 6.85. The van der Waals surface area contributed by atoms with Gasteiger partial charge in [-0.3, -0.25) is 9.59 Å². The fraction of sp³-hybridized carbons (Fsp3) is 0.481. The molecule has 32 heavy (non-hydrogen) atoms. The molecule has 1 N–H and O–H groups in total. The number of nitrogens with zero attached hydrogens (tertiary/aromatic N) is 1. The van der Waals surface area contributed by atoms with Gasteiger partial charge in [0, 0.05) is 26.4 Å². The molecule has 0 radical (unpaired) electrons. The molecule has 2 heterocycles. The maximum atomic E-state index is 12.7. The normalized spacial score (nSPS) is 20.8. The molecular formula is C27H36N2O3. The third-order valence-electron chi connectivity index (χ3n) is 6.85. The van der Waals surface area contributed by atoms with E-state index in [1.54, 1.807) is 19.0 Å². The molecule has 0 bridgehead atoms. The summed E-state index contributed by atoms with van der Waals surface area (Å²) >= 11 is 0. The lowest BCUT2D eigenvalue weighted by Crippen LogP contribution is -2.45. The smallest absolute Gasteiger partial charge is 0.269 e. The number of rotatable bonds is 6. The van der Waals surface area contributed by atoms with Crippen LogP contribution in [0.3, 0.4) is 0 Å². The van der Waals surface area contributed by atoms with Gasteiger partial charge in [0.15, 0.2) is 5.78 Å². The van der Waals surface area contributed by atoms with Crippen molar-refractivity contribution in [2.24, 2.45) is 0 Å². The zero-order chi connectivity index (χ0) is 22.9. The minimum absolute atomic E-state index is 0. The Morgan fingerprint density at radius 2 is 2.03 bits per heavy atom. The van der Waals surface area contributed by atoms with Crippen molar-refractivity contribution in [3.05, 3.63) is 53.2 Å². The molecule has 1 fully saturated rings. The van der Waals surface area contributed by atoms with Gasteiger partial charge in [0.05, 0.1) is 6.10 Å². The Morgan fingerprint density at radius 1 is 1.28 bits per heavy atom. The first-order valence-electron chi connectivity index (χ1n) is 11.8. The molecule has 1 atom stereocenters. The first kappa shape index (κ1) is 22.5. The van der Waals surface area contributed by atoms with Gasteiger partial charge >= 0.3 is 0 Å². The van der Waals surface area contributed by atoms with Crippen molar-refractivity contribution in [3.8, 4) is 0 Å². The SMILES string of the molecule is CC/C(=C\CCC1C=C(C)C(=O)C2(CCCC2)O1)c1ccc2cc(C(=O)N(C)C)[nH]c2c1.[HH]. The van der Waals surface area contributed by atoms with Crippen LogP contribution in [0.1, 0.15) is 76.3 Å². The number of fused-ring (bicyclic) bond motifs is 1. The summed E-state index contributed by atoms with van der Waals surface area (Å²) in [6.07, 6.45) is 10.9. The summed E-state index contributed by atoms with van der Waals surface area (Å²) < 4.78 is 6.34. The number of allylic oxidation sites excluding steroid dienone is 2. The number of hydrogen-bond acceptors (Lipinski definition) is 3. The van der Waals surface area contributed by atoms with Gasteiger partial charge in [0.2, 0.25) is 0 Å². The number of ether oxygens (including phenoxy) is 1. The molecule has 2 aromatic rings. The zero-order valence-electron chi connectivity index (χ0n) is 19.7. The number of benzene rings is 1. The van der Waals surface area contributed by atoms with Gasteiger partial charge < -0.3 is 14.6 Å². The lowest BCUT2D eigenvalue weighted by molar-refractivity contribution is -0.148. The Bertz CT molecular complexity index is 1090. The highest BCUT2D eigenvalue weighted by Gasteiger charge is 2.46. The minimum Gasteiger partial charge on any atom is -0.360 e. The fourth-order valence-electron chi connectivity index (χ4n) is 5.10. The van der Waals surface area contributed by atoms with Crippen LogP contribution in [0.4, 0.5) is 0 Å². The highest BCUT2D eigenvalue weighted by Crippen LogP contribution is 2.40. The van der Waals surface area contributed by atoms with Crippen molar-refractivity contribution >= 4 is 28.2 Å². The number of ketones is 1. The summed E-state index contributed by atoms with van der Waals surface area (Å²) in [6.45, 7) is 4.10. The molecule has 1 aromatic heterocycles. The second-order valence-electron chi connectivity index (χ2n) is 9.38. The van der Waals surface area contributed by atoms with E-state index in [1.807, 2.05) is 19.1 Å². The van der Waals surface area contributed by atoms with Gasteiger partial charge in [-0.1, -0.05) is 25.1 Å². The molecule has 1 aromatic carbocycles. The lowest BCUT2D eigenvalue weighted by Gasteiger charge is -2.36. The number of amides is 1. The van der Waals surface area contributed by atoms with E-state index < -0.39 is 5.60 Å².